The molecule has 16 heavy (non-hydrogen) atoms. The highest BCUT2D eigenvalue weighted by molar-refractivity contribution is 6.03. The van der Waals surface area contributed by atoms with Crippen molar-refractivity contribution in [3.8, 4) is 0 Å². The Bertz CT molecular complexity index is 404. The average molecular weight is 221 g/mol. The van der Waals surface area contributed by atoms with E-state index < -0.39 is 0 Å². The van der Waals surface area contributed by atoms with Crippen LogP contribution in [0.2, 0.25) is 0 Å². The van der Waals surface area contributed by atoms with Crippen molar-refractivity contribution in [3.63, 3.8) is 0 Å². The highest BCUT2D eigenvalue weighted by atomic mass is 16.1. The Kier molecular flexibility index (Phi) is 3.87. The van der Waals surface area contributed by atoms with Gasteiger partial charge in [-0.05, 0) is 19.9 Å². The lowest BCUT2D eigenvalue weighted by Crippen LogP contribution is -2.20. The number of hydrogen-bond donors (Lipinski definition) is 2. The number of aryl methyl sites for hydroxylation is 2. The lowest BCUT2D eigenvalue weighted by molar-refractivity contribution is 0.1000. The Morgan fingerprint density at radius 3 is 1.75 bits per heavy atom. The smallest absolute Gasteiger partial charge is 0.178 e. The van der Waals surface area contributed by atoms with Crippen LogP contribution in [-0.2, 0) is 0 Å². The minimum absolute atomic E-state index is 0.0954. The van der Waals surface area contributed by atoms with Crippen LogP contribution in [0.4, 0.5) is 0 Å². The predicted molar refractivity (Wildman–Crippen MR) is 60.5 cm³/mol. The van der Waals surface area contributed by atoms with Gasteiger partial charge < -0.3 is 11.5 Å². The van der Waals surface area contributed by atoms with E-state index in [4.69, 9.17) is 11.5 Å². The Morgan fingerprint density at radius 1 is 1.06 bits per heavy atom. The first-order chi connectivity index (χ1) is 7.51. The lowest BCUT2D eigenvalue weighted by atomic mass is 10.0. The molecule has 86 valence electrons. The third-order valence-corrected chi connectivity index (χ3v) is 2.38. The van der Waals surface area contributed by atoms with Gasteiger partial charge in [0.2, 0.25) is 0 Å². The van der Waals surface area contributed by atoms with Crippen molar-refractivity contribution in [1.29, 1.82) is 0 Å². The molecule has 0 radical (unpaired) electrons. The molecule has 5 heteroatoms. The zero-order chi connectivity index (χ0) is 12.3. The fourth-order valence-electron chi connectivity index (χ4n) is 1.51. The maximum absolute atomic E-state index is 11.5. The fraction of sp³-hybridized carbons (Fsp3) is 0.364. The van der Waals surface area contributed by atoms with Gasteiger partial charge in [0.15, 0.2) is 11.6 Å². The summed E-state index contributed by atoms with van der Waals surface area (Å²) >= 11 is 0. The highest BCUT2D eigenvalue weighted by Gasteiger charge is 2.15. The van der Waals surface area contributed by atoms with Gasteiger partial charge in [-0.1, -0.05) is 0 Å². The van der Waals surface area contributed by atoms with Gasteiger partial charge in [0.05, 0.1) is 13.1 Å². The molecule has 0 aromatic carbocycles. The van der Waals surface area contributed by atoms with Crippen LogP contribution in [0.15, 0.2) is 6.07 Å². The van der Waals surface area contributed by atoms with Gasteiger partial charge in [0, 0.05) is 22.5 Å². The molecule has 0 unspecified atom stereocenters. The van der Waals surface area contributed by atoms with Gasteiger partial charge in [-0.25, -0.2) is 0 Å². The normalized spacial score (nSPS) is 10.2. The maximum Gasteiger partial charge on any atom is 0.178 e. The maximum atomic E-state index is 11.5. The van der Waals surface area contributed by atoms with Crippen LogP contribution >= 0.6 is 0 Å². The molecule has 0 aliphatic carbocycles. The monoisotopic (exact) mass is 221 g/mol. The number of pyridine rings is 1. The topological polar surface area (TPSA) is 99.1 Å². The summed E-state index contributed by atoms with van der Waals surface area (Å²) in [6, 6.07) is 1.53. The second kappa shape index (κ2) is 4.96. The SMILES string of the molecule is Cc1nc(C)c(C(=O)CN)cc1C(=O)CN. The number of nitrogens with zero attached hydrogens (tertiary/aromatic N) is 1. The minimum atomic E-state index is -0.226. The van der Waals surface area contributed by atoms with Gasteiger partial charge in [-0.3, -0.25) is 14.6 Å². The summed E-state index contributed by atoms with van der Waals surface area (Å²) in [5.74, 6) is -0.452. The molecule has 1 heterocycles. The van der Waals surface area contributed by atoms with Crippen LogP contribution in [0.25, 0.3) is 0 Å². The molecule has 0 aliphatic heterocycles. The van der Waals surface area contributed by atoms with Gasteiger partial charge in [-0.15, -0.1) is 0 Å². The van der Waals surface area contributed by atoms with E-state index in [-0.39, 0.29) is 24.7 Å². The van der Waals surface area contributed by atoms with E-state index in [2.05, 4.69) is 4.98 Å². The second-order valence-corrected chi connectivity index (χ2v) is 3.51. The van der Waals surface area contributed by atoms with Crippen LogP contribution < -0.4 is 11.5 Å². The largest absolute Gasteiger partial charge is 0.324 e. The summed E-state index contributed by atoms with van der Waals surface area (Å²) in [4.78, 5) is 27.2. The predicted octanol–water partition coefficient (Wildman–Crippen LogP) is -0.0188. The summed E-state index contributed by atoms with van der Waals surface area (Å²) in [5, 5.41) is 0. The van der Waals surface area contributed by atoms with Crippen LogP contribution in [0.5, 0.6) is 0 Å². The number of rotatable bonds is 4. The zero-order valence-corrected chi connectivity index (χ0v) is 9.41. The number of nitrogens with two attached hydrogens (primary N) is 2. The molecule has 1 aromatic rings. The van der Waals surface area contributed by atoms with Gasteiger partial charge >= 0.3 is 0 Å². The molecule has 0 saturated heterocycles. The number of Topliss-reactive ketones (excluding diaryl/α,β-unsaturated/α-hetero) is 2. The first-order valence-electron chi connectivity index (χ1n) is 4.96. The summed E-state index contributed by atoms with van der Waals surface area (Å²) in [6.45, 7) is 3.24. The van der Waals surface area contributed by atoms with Crippen molar-refractivity contribution < 1.29 is 9.59 Å². The van der Waals surface area contributed by atoms with Crippen molar-refractivity contribution >= 4 is 11.6 Å². The van der Waals surface area contributed by atoms with E-state index in [9.17, 15) is 9.59 Å². The van der Waals surface area contributed by atoms with E-state index in [1.807, 2.05) is 0 Å². The molecule has 0 spiro atoms. The molecule has 1 aromatic heterocycles. The molecule has 1 rings (SSSR count). The fourth-order valence-corrected chi connectivity index (χ4v) is 1.51. The van der Waals surface area contributed by atoms with Crippen molar-refractivity contribution in [2.75, 3.05) is 13.1 Å². The average Bonchev–Trinajstić information content (AvgIpc) is 2.27. The van der Waals surface area contributed by atoms with Gasteiger partial charge in [0.1, 0.15) is 0 Å². The third-order valence-electron chi connectivity index (χ3n) is 2.38. The molecule has 0 fully saturated rings. The van der Waals surface area contributed by atoms with Crippen molar-refractivity contribution in [2.24, 2.45) is 11.5 Å². The Morgan fingerprint density at radius 2 is 1.44 bits per heavy atom. The molecular weight excluding hydrogens is 206 g/mol. The standard InChI is InChI=1S/C11H15N3O2/c1-6-8(10(15)4-12)3-9(7(2)14-6)11(16)5-13/h3H,4-5,12-13H2,1-2H3. The Labute approximate surface area is 93.8 Å². The number of carbonyl (C=O) groups excluding carboxylic acids is 2. The van der Waals surface area contributed by atoms with Gasteiger partial charge in [-0.2, -0.15) is 0 Å². The summed E-state index contributed by atoms with van der Waals surface area (Å²) < 4.78 is 0. The van der Waals surface area contributed by atoms with Crippen LogP contribution in [0.3, 0.4) is 0 Å². The number of ketones is 2. The molecule has 0 aliphatic rings. The Balaban J connectivity index is 3.32. The molecule has 5 nitrogen and oxygen atoms in total. The Hall–Kier alpha value is -1.59. The molecule has 0 saturated carbocycles. The van der Waals surface area contributed by atoms with Crippen molar-refractivity contribution in [2.45, 2.75) is 13.8 Å². The van der Waals surface area contributed by atoms with Crippen LogP contribution in [0.1, 0.15) is 32.1 Å². The van der Waals surface area contributed by atoms with E-state index in [0.29, 0.717) is 22.5 Å². The summed E-state index contributed by atoms with van der Waals surface area (Å²) in [5.41, 5.74) is 12.5. The van der Waals surface area contributed by atoms with Crippen molar-refractivity contribution in [3.05, 3.63) is 28.6 Å². The number of hydrogen-bond acceptors (Lipinski definition) is 5. The highest BCUT2D eigenvalue weighted by Crippen LogP contribution is 2.13. The van der Waals surface area contributed by atoms with E-state index in [1.165, 1.54) is 6.07 Å². The number of aromatic nitrogens is 1. The van der Waals surface area contributed by atoms with Gasteiger partial charge in [0.25, 0.3) is 0 Å². The number of carbonyl (C=O) groups is 2. The summed E-state index contributed by atoms with van der Waals surface area (Å²) in [7, 11) is 0. The summed E-state index contributed by atoms with van der Waals surface area (Å²) in [6.07, 6.45) is 0. The second-order valence-electron chi connectivity index (χ2n) is 3.51. The van der Waals surface area contributed by atoms with Crippen LogP contribution in [0, 0.1) is 13.8 Å². The molecule has 0 bridgehead atoms. The molecular formula is C11H15N3O2. The molecule has 4 N–H and O–H groups in total. The quantitative estimate of drug-likeness (QED) is 0.696. The van der Waals surface area contributed by atoms with E-state index in [0.717, 1.165) is 0 Å². The lowest BCUT2D eigenvalue weighted by Gasteiger charge is -2.08. The first kappa shape index (κ1) is 12.5. The molecule has 0 amide bonds. The van der Waals surface area contributed by atoms with Crippen molar-refractivity contribution in [1.82, 2.24) is 4.98 Å². The van der Waals surface area contributed by atoms with Crippen LogP contribution in [-0.4, -0.2) is 29.6 Å². The zero-order valence-electron chi connectivity index (χ0n) is 9.41. The molecule has 0 atom stereocenters. The first-order valence-corrected chi connectivity index (χ1v) is 4.96. The minimum Gasteiger partial charge on any atom is -0.324 e. The van der Waals surface area contributed by atoms with E-state index >= 15 is 0 Å². The van der Waals surface area contributed by atoms with E-state index in [1.54, 1.807) is 13.8 Å². The third kappa shape index (κ3) is 2.32.